The Hall–Kier alpha value is -2.04. The lowest BCUT2D eigenvalue weighted by Gasteiger charge is -2.07. The number of anilines is 1. The molecule has 1 aromatic rings. The van der Waals surface area contributed by atoms with E-state index < -0.39 is 6.09 Å². The van der Waals surface area contributed by atoms with Crippen molar-refractivity contribution in [3.63, 3.8) is 0 Å². The molecule has 0 spiro atoms. The SMILES string of the molecule is CCC(=N)NC(=O)OCc1cccc(N)c1. The van der Waals surface area contributed by atoms with E-state index >= 15 is 0 Å². The minimum absolute atomic E-state index is 0.137. The van der Waals surface area contributed by atoms with Crippen LogP contribution in [0.2, 0.25) is 0 Å². The number of nitrogens with one attached hydrogen (secondary N) is 2. The van der Waals surface area contributed by atoms with Gasteiger partial charge in [-0.3, -0.25) is 10.7 Å². The number of carbonyl (C=O) groups is 1. The van der Waals surface area contributed by atoms with Crippen molar-refractivity contribution in [1.29, 1.82) is 5.41 Å². The molecule has 4 N–H and O–H groups in total. The zero-order chi connectivity index (χ0) is 12.0. The molecule has 0 aliphatic heterocycles. The molecule has 0 saturated carbocycles. The Morgan fingerprint density at radius 2 is 2.31 bits per heavy atom. The van der Waals surface area contributed by atoms with Gasteiger partial charge < -0.3 is 10.5 Å². The summed E-state index contributed by atoms with van der Waals surface area (Å²) >= 11 is 0. The summed E-state index contributed by atoms with van der Waals surface area (Å²) in [6.45, 7) is 1.92. The molecule has 1 rings (SSSR count). The molecule has 0 atom stereocenters. The van der Waals surface area contributed by atoms with Crippen LogP contribution in [0.15, 0.2) is 24.3 Å². The highest BCUT2D eigenvalue weighted by Gasteiger charge is 2.04. The number of amidine groups is 1. The van der Waals surface area contributed by atoms with E-state index in [-0.39, 0.29) is 12.4 Å². The fraction of sp³-hybridized carbons (Fsp3) is 0.273. The van der Waals surface area contributed by atoms with Crippen LogP contribution in [0.25, 0.3) is 0 Å². The van der Waals surface area contributed by atoms with Crippen LogP contribution in [-0.2, 0) is 11.3 Å². The Bertz CT molecular complexity index is 391. The molecule has 0 heterocycles. The lowest BCUT2D eigenvalue weighted by atomic mass is 10.2. The molecule has 0 unspecified atom stereocenters. The van der Waals surface area contributed by atoms with E-state index in [2.05, 4.69) is 5.32 Å². The molecule has 1 amide bonds. The number of nitrogen functional groups attached to an aromatic ring is 1. The number of hydrogen-bond donors (Lipinski definition) is 3. The van der Waals surface area contributed by atoms with Gasteiger partial charge in [0, 0.05) is 12.1 Å². The maximum absolute atomic E-state index is 11.2. The summed E-state index contributed by atoms with van der Waals surface area (Å²) < 4.78 is 4.91. The van der Waals surface area contributed by atoms with Gasteiger partial charge in [-0.1, -0.05) is 19.1 Å². The van der Waals surface area contributed by atoms with E-state index in [1.54, 1.807) is 25.1 Å². The lowest BCUT2D eigenvalue weighted by Crippen LogP contribution is -2.29. The highest BCUT2D eigenvalue weighted by molar-refractivity contribution is 5.93. The van der Waals surface area contributed by atoms with Gasteiger partial charge in [0.2, 0.25) is 0 Å². The predicted octanol–water partition coefficient (Wildman–Crippen LogP) is 1.88. The zero-order valence-electron chi connectivity index (χ0n) is 9.12. The molecule has 0 saturated heterocycles. The van der Waals surface area contributed by atoms with E-state index in [4.69, 9.17) is 15.9 Å². The van der Waals surface area contributed by atoms with E-state index in [0.717, 1.165) is 5.56 Å². The first kappa shape index (κ1) is 12.0. The summed E-state index contributed by atoms with van der Waals surface area (Å²) in [6, 6.07) is 7.10. The molecule has 0 aliphatic rings. The second kappa shape index (κ2) is 5.75. The molecule has 0 bridgehead atoms. The first-order valence-electron chi connectivity index (χ1n) is 4.97. The molecule has 0 radical (unpaired) electrons. The van der Waals surface area contributed by atoms with E-state index in [1.807, 2.05) is 6.07 Å². The summed E-state index contributed by atoms with van der Waals surface area (Å²) in [6.07, 6.45) is -0.151. The van der Waals surface area contributed by atoms with Crippen molar-refractivity contribution >= 4 is 17.6 Å². The van der Waals surface area contributed by atoms with Crippen LogP contribution >= 0.6 is 0 Å². The molecule has 0 aliphatic carbocycles. The Morgan fingerprint density at radius 3 is 2.94 bits per heavy atom. The average Bonchev–Trinajstić information content (AvgIpc) is 2.26. The number of ether oxygens (including phenoxy) is 1. The van der Waals surface area contributed by atoms with E-state index in [0.29, 0.717) is 12.1 Å². The maximum Gasteiger partial charge on any atom is 0.412 e. The summed E-state index contributed by atoms with van der Waals surface area (Å²) in [4.78, 5) is 11.2. The standard InChI is InChI=1S/C11H15N3O2/c1-2-10(13)14-11(15)16-7-8-4-3-5-9(12)6-8/h3-6H,2,7,12H2,1H3,(H2,13,14,15). The Morgan fingerprint density at radius 1 is 1.56 bits per heavy atom. The molecule has 0 aromatic heterocycles. The van der Waals surface area contributed by atoms with Crippen LogP contribution in [0.5, 0.6) is 0 Å². The first-order chi connectivity index (χ1) is 7.61. The maximum atomic E-state index is 11.2. The quantitative estimate of drug-likeness (QED) is 0.413. The van der Waals surface area contributed by atoms with Crippen LogP contribution in [-0.4, -0.2) is 11.9 Å². The Kier molecular flexibility index (Phi) is 4.32. The van der Waals surface area contributed by atoms with Gasteiger partial charge in [0.05, 0.1) is 0 Å². The van der Waals surface area contributed by atoms with Crippen molar-refractivity contribution < 1.29 is 9.53 Å². The van der Waals surface area contributed by atoms with Crippen molar-refractivity contribution in [2.75, 3.05) is 5.73 Å². The smallest absolute Gasteiger partial charge is 0.412 e. The van der Waals surface area contributed by atoms with Crippen LogP contribution in [0.4, 0.5) is 10.5 Å². The fourth-order valence-corrected chi connectivity index (χ4v) is 1.08. The van der Waals surface area contributed by atoms with Gasteiger partial charge in [0.1, 0.15) is 12.4 Å². The monoisotopic (exact) mass is 221 g/mol. The number of alkyl carbamates (subject to hydrolysis) is 1. The second-order valence-corrected chi connectivity index (χ2v) is 3.28. The van der Waals surface area contributed by atoms with Crippen molar-refractivity contribution in [1.82, 2.24) is 5.32 Å². The van der Waals surface area contributed by atoms with Crippen molar-refractivity contribution in [2.45, 2.75) is 20.0 Å². The second-order valence-electron chi connectivity index (χ2n) is 3.28. The van der Waals surface area contributed by atoms with Crippen molar-refractivity contribution in [3.05, 3.63) is 29.8 Å². The van der Waals surface area contributed by atoms with Crippen molar-refractivity contribution in [3.8, 4) is 0 Å². The topological polar surface area (TPSA) is 88.2 Å². The summed E-state index contributed by atoms with van der Waals surface area (Å²) in [5.74, 6) is 0.137. The first-order valence-corrected chi connectivity index (χ1v) is 4.97. The zero-order valence-corrected chi connectivity index (χ0v) is 9.12. The van der Waals surface area contributed by atoms with Crippen LogP contribution in [0.3, 0.4) is 0 Å². The van der Waals surface area contributed by atoms with Crippen LogP contribution in [0.1, 0.15) is 18.9 Å². The molecular weight excluding hydrogens is 206 g/mol. The highest BCUT2D eigenvalue weighted by Crippen LogP contribution is 2.07. The number of rotatable bonds is 3. The third-order valence-electron chi connectivity index (χ3n) is 1.93. The van der Waals surface area contributed by atoms with Gasteiger partial charge in [-0.05, 0) is 17.7 Å². The van der Waals surface area contributed by atoms with E-state index in [9.17, 15) is 4.79 Å². The van der Waals surface area contributed by atoms with E-state index in [1.165, 1.54) is 0 Å². The largest absolute Gasteiger partial charge is 0.444 e. The van der Waals surface area contributed by atoms with Gasteiger partial charge in [-0.25, -0.2) is 4.79 Å². The minimum atomic E-state index is -0.616. The number of carbonyl (C=O) groups excluding carboxylic acids is 1. The Labute approximate surface area is 94.1 Å². The average molecular weight is 221 g/mol. The number of hydrogen-bond acceptors (Lipinski definition) is 4. The number of nitrogens with two attached hydrogens (primary N) is 1. The van der Waals surface area contributed by atoms with Crippen LogP contribution < -0.4 is 11.1 Å². The Balaban J connectivity index is 2.40. The lowest BCUT2D eigenvalue weighted by molar-refractivity contribution is 0.145. The van der Waals surface area contributed by atoms with Crippen molar-refractivity contribution in [2.24, 2.45) is 0 Å². The highest BCUT2D eigenvalue weighted by atomic mass is 16.5. The number of amides is 1. The molecule has 5 heteroatoms. The minimum Gasteiger partial charge on any atom is -0.444 e. The van der Waals surface area contributed by atoms with Gasteiger partial charge in [-0.2, -0.15) is 0 Å². The van der Waals surface area contributed by atoms with Crippen LogP contribution in [0, 0.1) is 5.41 Å². The third-order valence-corrected chi connectivity index (χ3v) is 1.93. The number of benzene rings is 1. The molecule has 86 valence electrons. The summed E-state index contributed by atoms with van der Waals surface area (Å²) in [5.41, 5.74) is 7.02. The fourth-order valence-electron chi connectivity index (χ4n) is 1.08. The summed E-state index contributed by atoms with van der Waals surface area (Å²) in [5, 5.41) is 9.56. The van der Waals surface area contributed by atoms with Gasteiger partial charge in [0.15, 0.2) is 0 Å². The third kappa shape index (κ3) is 4.00. The van der Waals surface area contributed by atoms with Gasteiger partial charge in [-0.15, -0.1) is 0 Å². The normalized spacial score (nSPS) is 9.56. The molecular formula is C11H15N3O2. The van der Waals surface area contributed by atoms with Gasteiger partial charge in [0.25, 0.3) is 0 Å². The summed E-state index contributed by atoms with van der Waals surface area (Å²) in [7, 11) is 0. The predicted molar refractivity (Wildman–Crippen MR) is 62.2 cm³/mol. The molecule has 1 aromatic carbocycles. The van der Waals surface area contributed by atoms with Gasteiger partial charge >= 0.3 is 6.09 Å². The molecule has 16 heavy (non-hydrogen) atoms. The molecule has 0 fully saturated rings. The molecule has 5 nitrogen and oxygen atoms in total.